The van der Waals surface area contributed by atoms with Gasteiger partial charge in [-0.2, -0.15) is 0 Å². The number of imidazole rings is 1. The minimum atomic E-state index is -3.57. The van der Waals surface area contributed by atoms with Crippen molar-refractivity contribution in [3.8, 4) is 0 Å². The highest BCUT2D eigenvalue weighted by Gasteiger charge is 2.19. The zero-order valence-electron chi connectivity index (χ0n) is 12.8. The molecule has 1 N–H and O–H groups in total. The molecule has 0 saturated heterocycles. The third-order valence-corrected chi connectivity index (χ3v) is 5.24. The van der Waals surface area contributed by atoms with E-state index in [1.54, 1.807) is 55.0 Å². The van der Waals surface area contributed by atoms with Crippen molar-refractivity contribution in [3.05, 3.63) is 72.6 Å². The van der Waals surface area contributed by atoms with Crippen LogP contribution >= 0.6 is 0 Å². The lowest BCUT2D eigenvalue weighted by atomic mass is 10.4. The lowest BCUT2D eigenvalue weighted by molar-refractivity contribution is 0.307. The second kappa shape index (κ2) is 6.39. The van der Waals surface area contributed by atoms with Gasteiger partial charge < -0.3 is 4.98 Å². The van der Waals surface area contributed by atoms with Crippen LogP contribution in [0.5, 0.6) is 0 Å². The number of nitrogens with zero attached hydrogens (tertiary/aromatic N) is 3. The van der Waals surface area contributed by atoms with E-state index in [9.17, 15) is 8.42 Å². The Morgan fingerprint density at radius 3 is 2.61 bits per heavy atom. The Hall–Kier alpha value is -2.38. The average Bonchev–Trinajstić information content (AvgIpc) is 3.20. The van der Waals surface area contributed by atoms with E-state index >= 15 is 0 Å². The maximum atomic E-state index is 12.7. The third kappa shape index (κ3) is 3.35. The van der Waals surface area contributed by atoms with Crippen molar-refractivity contribution in [2.45, 2.75) is 18.0 Å². The predicted molar refractivity (Wildman–Crippen MR) is 87.2 cm³/mol. The molecule has 0 fully saturated rings. The van der Waals surface area contributed by atoms with Gasteiger partial charge in [-0.05, 0) is 31.3 Å². The van der Waals surface area contributed by atoms with E-state index in [1.165, 1.54) is 3.97 Å². The molecule has 120 valence electrons. The Bertz CT molecular complexity index is 855. The first-order valence-electron chi connectivity index (χ1n) is 7.21. The summed E-state index contributed by atoms with van der Waals surface area (Å²) < 4.78 is 26.8. The molecule has 3 rings (SSSR count). The minimum absolute atomic E-state index is 0.283. The van der Waals surface area contributed by atoms with Gasteiger partial charge in [0.2, 0.25) is 0 Å². The largest absolute Gasteiger partial charge is 0.348 e. The van der Waals surface area contributed by atoms with Crippen molar-refractivity contribution in [2.24, 2.45) is 0 Å². The lowest BCUT2D eigenvalue weighted by Gasteiger charge is -2.17. The summed E-state index contributed by atoms with van der Waals surface area (Å²) in [6.45, 7) is 1.11. The van der Waals surface area contributed by atoms with Crippen LogP contribution in [0.25, 0.3) is 0 Å². The van der Waals surface area contributed by atoms with Crippen molar-refractivity contribution in [1.29, 1.82) is 0 Å². The predicted octanol–water partition coefficient (Wildman–Crippen LogP) is 2.08. The fraction of sp³-hybridized carbons (Fsp3) is 0.188. The number of nitrogens with one attached hydrogen (secondary N) is 1. The van der Waals surface area contributed by atoms with E-state index < -0.39 is 10.0 Å². The van der Waals surface area contributed by atoms with Gasteiger partial charge in [0.05, 0.1) is 11.4 Å². The fourth-order valence-corrected chi connectivity index (χ4v) is 3.82. The van der Waals surface area contributed by atoms with Crippen molar-refractivity contribution in [1.82, 2.24) is 18.8 Å². The molecule has 0 bridgehead atoms. The average molecular weight is 330 g/mol. The second-order valence-corrected chi connectivity index (χ2v) is 7.14. The molecule has 2 heterocycles. The van der Waals surface area contributed by atoms with E-state index in [-0.39, 0.29) is 4.90 Å². The first-order valence-corrected chi connectivity index (χ1v) is 8.65. The number of aromatic amines is 1. The number of hydrogen-bond acceptors (Lipinski definition) is 4. The molecule has 0 unspecified atom stereocenters. The summed E-state index contributed by atoms with van der Waals surface area (Å²) in [5.74, 6) is 0.844. The van der Waals surface area contributed by atoms with Crippen molar-refractivity contribution in [3.63, 3.8) is 0 Å². The van der Waals surface area contributed by atoms with Crippen molar-refractivity contribution in [2.75, 3.05) is 7.05 Å². The summed E-state index contributed by atoms with van der Waals surface area (Å²) in [7, 11) is -1.64. The topological polar surface area (TPSA) is 71.0 Å². The van der Waals surface area contributed by atoms with E-state index in [0.29, 0.717) is 18.8 Å². The zero-order chi connectivity index (χ0) is 16.3. The molecular weight excluding hydrogens is 312 g/mol. The number of rotatable bonds is 6. The van der Waals surface area contributed by atoms with Gasteiger partial charge in [-0.3, -0.25) is 4.90 Å². The van der Waals surface area contributed by atoms with Crippen molar-refractivity contribution >= 4 is 10.0 Å². The normalized spacial score (nSPS) is 11.9. The van der Waals surface area contributed by atoms with Gasteiger partial charge in [0.15, 0.2) is 0 Å². The molecule has 3 aromatic rings. The quantitative estimate of drug-likeness (QED) is 0.751. The molecule has 1 aromatic carbocycles. The highest BCUT2D eigenvalue weighted by molar-refractivity contribution is 7.90. The molecule has 2 aromatic heterocycles. The number of benzene rings is 1. The molecule has 23 heavy (non-hydrogen) atoms. The fourth-order valence-electron chi connectivity index (χ4n) is 2.44. The molecule has 0 radical (unpaired) electrons. The van der Waals surface area contributed by atoms with Gasteiger partial charge in [-0.15, -0.1) is 0 Å². The molecule has 7 heteroatoms. The SMILES string of the molecule is CN(Cc1ncc[nH]1)Cc1cccn1S(=O)(=O)c1ccccc1. The van der Waals surface area contributed by atoms with Crippen LogP contribution in [-0.2, 0) is 23.1 Å². The molecule has 0 saturated carbocycles. The van der Waals surface area contributed by atoms with Crippen LogP contribution < -0.4 is 0 Å². The third-order valence-electron chi connectivity index (χ3n) is 3.50. The van der Waals surface area contributed by atoms with E-state index in [4.69, 9.17) is 0 Å². The Morgan fingerprint density at radius 1 is 1.13 bits per heavy atom. The van der Waals surface area contributed by atoms with Crippen molar-refractivity contribution < 1.29 is 8.42 Å². The molecule has 0 atom stereocenters. The van der Waals surface area contributed by atoms with Crippen LogP contribution in [-0.4, -0.2) is 34.3 Å². The van der Waals surface area contributed by atoms with Crippen LogP contribution in [0.4, 0.5) is 0 Å². The van der Waals surface area contributed by atoms with Crippen LogP contribution in [0.1, 0.15) is 11.5 Å². The maximum Gasteiger partial charge on any atom is 0.267 e. The molecule has 6 nitrogen and oxygen atoms in total. The van der Waals surface area contributed by atoms with Crippen LogP contribution in [0.3, 0.4) is 0 Å². The molecule has 0 aliphatic rings. The Labute approximate surface area is 135 Å². The minimum Gasteiger partial charge on any atom is -0.348 e. The number of hydrogen-bond donors (Lipinski definition) is 1. The van der Waals surface area contributed by atoms with E-state index in [0.717, 1.165) is 5.82 Å². The van der Waals surface area contributed by atoms with Crippen LogP contribution in [0, 0.1) is 0 Å². The Kier molecular flexibility index (Phi) is 4.31. The van der Waals surface area contributed by atoms with Gasteiger partial charge in [0, 0.05) is 30.8 Å². The number of aromatic nitrogens is 3. The smallest absolute Gasteiger partial charge is 0.267 e. The second-order valence-electron chi connectivity index (χ2n) is 5.32. The highest BCUT2D eigenvalue weighted by Crippen LogP contribution is 2.17. The first kappa shape index (κ1) is 15.5. The summed E-state index contributed by atoms with van der Waals surface area (Å²) in [6, 6.07) is 12.0. The monoisotopic (exact) mass is 330 g/mol. The van der Waals surface area contributed by atoms with Crippen LogP contribution in [0.15, 0.2) is 66.0 Å². The summed E-state index contributed by atoms with van der Waals surface area (Å²) in [5.41, 5.74) is 0.711. The zero-order valence-corrected chi connectivity index (χ0v) is 13.6. The Morgan fingerprint density at radius 2 is 1.91 bits per heavy atom. The Balaban J connectivity index is 1.82. The van der Waals surface area contributed by atoms with Gasteiger partial charge >= 0.3 is 0 Å². The molecule has 0 aliphatic heterocycles. The summed E-state index contributed by atoms with van der Waals surface area (Å²) >= 11 is 0. The van der Waals surface area contributed by atoms with Gasteiger partial charge in [-0.25, -0.2) is 17.4 Å². The summed E-state index contributed by atoms with van der Waals surface area (Å²) in [6.07, 6.45) is 5.05. The van der Waals surface area contributed by atoms with Gasteiger partial charge in [0.1, 0.15) is 5.82 Å². The van der Waals surface area contributed by atoms with Gasteiger partial charge in [-0.1, -0.05) is 18.2 Å². The van der Waals surface area contributed by atoms with Crippen LogP contribution in [0.2, 0.25) is 0 Å². The molecule has 0 amide bonds. The standard InChI is InChI=1S/C16H18N4O2S/c1-19(13-16-17-9-10-18-16)12-14-6-5-11-20(14)23(21,22)15-7-3-2-4-8-15/h2-11H,12-13H2,1H3,(H,17,18). The first-order chi connectivity index (χ1) is 11.1. The maximum absolute atomic E-state index is 12.7. The molecule has 0 spiro atoms. The summed E-state index contributed by atoms with van der Waals surface area (Å²) in [5, 5.41) is 0. The summed E-state index contributed by atoms with van der Waals surface area (Å²) in [4.78, 5) is 9.51. The number of H-pyrrole nitrogens is 1. The van der Waals surface area contributed by atoms with E-state index in [1.807, 2.05) is 18.0 Å². The molecule has 0 aliphatic carbocycles. The molecular formula is C16H18N4O2S. The van der Waals surface area contributed by atoms with Gasteiger partial charge in [0.25, 0.3) is 10.0 Å². The van der Waals surface area contributed by atoms with E-state index in [2.05, 4.69) is 9.97 Å². The highest BCUT2D eigenvalue weighted by atomic mass is 32.2. The lowest BCUT2D eigenvalue weighted by Crippen LogP contribution is -2.22.